The minimum absolute atomic E-state index is 0.371. The lowest BCUT2D eigenvalue weighted by atomic mass is 10.2. The van der Waals surface area contributed by atoms with Gasteiger partial charge in [0.05, 0.1) is 11.4 Å². The summed E-state index contributed by atoms with van der Waals surface area (Å²) in [6, 6.07) is 7.17. The molecular weight excluding hydrogens is 348 g/mol. The Balaban J connectivity index is 2.08. The van der Waals surface area contributed by atoms with E-state index in [0.29, 0.717) is 24.5 Å². The molecule has 1 fully saturated rings. The van der Waals surface area contributed by atoms with Crippen molar-refractivity contribution in [1.82, 2.24) is 14.9 Å². The Labute approximate surface area is 158 Å². The zero-order chi connectivity index (χ0) is 18.8. The molecule has 2 rings (SSSR count). The smallest absolute Gasteiger partial charge is 0.243 e. The van der Waals surface area contributed by atoms with Crippen molar-refractivity contribution in [3.63, 3.8) is 0 Å². The van der Waals surface area contributed by atoms with Gasteiger partial charge in [-0.25, -0.2) is 13.4 Å². The number of guanidine groups is 1. The summed E-state index contributed by atoms with van der Waals surface area (Å²) in [6.07, 6.45) is 5.22. The predicted molar refractivity (Wildman–Crippen MR) is 107 cm³/mol. The summed E-state index contributed by atoms with van der Waals surface area (Å²) in [7, 11) is -3.40. The second kappa shape index (κ2) is 10.5. The maximum Gasteiger partial charge on any atom is 0.243 e. The molecule has 0 bridgehead atoms. The number of piperidine rings is 1. The zero-order valence-corrected chi connectivity index (χ0v) is 16.8. The van der Waals surface area contributed by atoms with Gasteiger partial charge in [-0.2, -0.15) is 4.31 Å². The molecule has 26 heavy (non-hydrogen) atoms. The number of nitrogens with one attached hydrogen (secondary N) is 2. The van der Waals surface area contributed by atoms with E-state index >= 15 is 0 Å². The summed E-state index contributed by atoms with van der Waals surface area (Å²) >= 11 is 0. The largest absolute Gasteiger partial charge is 0.357 e. The molecule has 2 N–H and O–H groups in total. The Morgan fingerprint density at radius 3 is 2.62 bits per heavy atom. The molecule has 0 amide bonds. The van der Waals surface area contributed by atoms with Gasteiger partial charge >= 0.3 is 0 Å². The van der Waals surface area contributed by atoms with E-state index in [4.69, 9.17) is 0 Å². The van der Waals surface area contributed by atoms with Crippen LogP contribution in [0.25, 0.3) is 0 Å². The Morgan fingerprint density at radius 2 is 1.92 bits per heavy atom. The highest BCUT2D eigenvalue weighted by Gasteiger charge is 2.25. The first-order valence-electron chi connectivity index (χ1n) is 9.69. The van der Waals surface area contributed by atoms with Crippen LogP contribution in [0.3, 0.4) is 0 Å². The molecule has 1 aromatic rings. The lowest BCUT2D eigenvalue weighted by Gasteiger charge is -2.26. The fourth-order valence-corrected chi connectivity index (χ4v) is 4.54. The fourth-order valence-electron chi connectivity index (χ4n) is 2.95. The normalized spacial score (nSPS) is 16.5. The van der Waals surface area contributed by atoms with Crippen molar-refractivity contribution in [3.05, 3.63) is 29.8 Å². The highest BCUT2D eigenvalue weighted by molar-refractivity contribution is 7.89. The maximum absolute atomic E-state index is 12.8. The van der Waals surface area contributed by atoms with Crippen molar-refractivity contribution in [1.29, 1.82) is 0 Å². The van der Waals surface area contributed by atoms with Gasteiger partial charge < -0.3 is 10.6 Å². The van der Waals surface area contributed by atoms with Gasteiger partial charge in [0.25, 0.3) is 0 Å². The van der Waals surface area contributed by atoms with E-state index < -0.39 is 10.0 Å². The molecule has 6 nitrogen and oxygen atoms in total. The topological polar surface area (TPSA) is 73.8 Å². The van der Waals surface area contributed by atoms with Crippen LogP contribution in [0.15, 0.2) is 34.2 Å². The highest BCUT2D eigenvalue weighted by atomic mass is 32.2. The summed E-state index contributed by atoms with van der Waals surface area (Å²) in [4.78, 5) is 4.95. The Bertz CT molecular complexity index is 683. The van der Waals surface area contributed by atoms with Crippen LogP contribution in [0.5, 0.6) is 0 Å². The first-order chi connectivity index (χ1) is 12.6. The molecule has 1 aromatic carbocycles. The van der Waals surface area contributed by atoms with E-state index in [9.17, 15) is 8.42 Å². The molecule has 0 aliphatic carbocycles. The van der Waals surface area contributed by atoms with Gasteiger partial charge in [-0.05, 0) is 43.9 Å². The van der Waals surface area contributed by atoms with Gasteiger partial charge in [0.2, 0.25) is 10.0 Å². The SMILES string of the molecule is CCCCNC(=NCc1cccc(S(=O)(=O)N2CCCCC2)c1)NCC. The molecule has 0 aromatic heterocycles. The van der Waals surface area contributed by atoms with Gasteiger partial charge in [0.15, 0.2) is 5.96 Å². The molecule has 1 aliphatic rings. The number of hydrogen-bond donors (Lipinski definition) is 2. The molecule has 1 saturated heterocycles. The minimum Gasteiger partial charge on any atom is -0.357 e. The average Bonchev–Trinajstić information content (AvgIpc) is 2.67. The van der Waals surface area contributed by atoms with E-state index in [1.54, 1.807) is 22.5 Å². The summed E-state index contributed by atoms with van der Waals surface area (Å²) in [5.74, 6) is 0.769. The lowest BCUT2D eigenvalue weighted by molar-refractivity contribution is 0.346. The third kappa shape index (κ3) is 5.99. The van der Waals surface area contributed by atoms with Crippen LogP contribution < -0.4 is 10.6 Å². The average molecular weight is 381 g/mol. The number of nitrogens with zero attached hydrogens (tertiary/aromatic N) is 2. The van der Waals surface area contributed by atoms with Crippen LogP contribution in [0.2, 0.25) is 0 Å². The quantitative estimate of drug-likeness (QED) is 0.413. The highest BCUT2D eigenvalue weighted by Crippen LogP contribution is 2.21. The third-order valence-corrected chi connectivity index (χ3v) is 6.33. The third-order valence-electron chi connectivity index (χ3n) is 4.44. The number of benzene rings is 1. The van der Waals surface area contributed by atoms with Crippen molar-refractivity contribution >= 4 is 16.0 Å². The van der Waals surface area contributed by atoms with Crippen LogP contribution >= 0.6 is 0 Å². The molecule has 7 heteroatoms. The van der Waals surface area contributed by atoms with Crippen molar-refractivity contribution in [2.24, 2.45) is 4.99 Å². The number of rotatable bonds is 8. The maximum atomic E-state index is 12.8. The van der Waals surface area contributed by atoms with Gasteiger partial charge in [0, 0.05) is 26.2 Å². The standard InChI is InChI=1S/C19H32N4O2S/c1-3-5-12-21-19(20-4-2)22-16-17-10-9-11-18(15-17)26(24,25)23-13-7-6-8-14-23/h9-11,15H,3-8,12-14,16H2,1-2H3,(H2,20,21,22). The van der Waals surface area contributed by atoms with E-state index in [2.05, 4.69) is 22.5 Å². The van der Waals surface area contributed by atoms with Crippen LogP contribution in [-0.2, 0) is 16.6 Å². The fraction of sp³-hybridized carbons (Fsp3) is 0.632. The predicted octanol–water partition coefficient (Wildman–Crippen LogP) is 2.72. The van der Waals surface area contributed by atoms with Gasteiger partial charge in [0.1, 0.15) is 0 Å². The summed E-state index contributed by atoms with van der Waals surface area (Å²) in [6.45, 7) is 7.55. The Hall–Kier alpha value is -1.60. The molecule has 0 spiro atoms. The van der Waals surface area contributed by atoms with Gasteiger partial charge in [-0.15, -0.1) is 0 Å². The molecule has 1 heterocycles. The summed E-state index contributed by atoms with van der Waals surface area (Å²) < 4.78 is 27.2. The van der Waals surface area contributed by atoms with Gasteiger partial charge in [-0.3, -0.25) is 0 Å². The molecule has 146 valence electrons. The minimum atomic E-state index is -3.40. The summed E-state index contributed by atoms with van der Waals surface area (Å²) in [5.41, 5.74) is 0.899. The lowest BCUT2D eigenvalue weighted by Crippen LogP contribution is -2.37. The number of sulfonamides is 1. The number of aliphatic imine (C=N–C) groups is 1. The Kier molecular flexibility index (Phi) is 8.38. The van der Waals surface area contributed by atoms with Crippen LogP contribution in [0.1, 0.15) is 51.5 Å². The molecular formula is C19H32N4O2S. The molecule has 1 aliphatic heterocycles. The second-order valence-electron chi connectivity index (χ2n) is 6.59. The number of unbranched alkanes of at least 4 members (excludes halogenated alkanes) is 1. The first-order valence-corrected chi connectivity index (χ1v) is 11.1. The van der Waals surface area contributed by atoms with Crippen LogP contribution in [-0.4, -0.2) is 44.9 Å². The molecule has 0 saturated carbocycles. The van der Waals surface area contributed by atoms with Crippen molar-refractivity contribution in [2.45, 2.75) is 57.4 Å². The second-order valence-corrected chi connectivity index (χ2v) is 8.53. The molecule has 0 atom stereocenters. The van der Waals surface area contributed by atoms with Crippen LogP contribution in [0, 0.1) is 0 Å². The molecule has 0 radical (unpaired) electrons. The van der Waals surface area contributed by atoms with Crippen molar-refractivity contribution in [2.75, 3.05) is 26.2 Å². The van der Waals surface area contributed by atoms with E-state index in [-0.39, 0.29) is 0 Å². The first kappa shape index (κ1) is 20.7. The van der Waals surface area contributed by atoms with Crippen molar-refractivity contribution in [3.8, 4) is 0 Å². The number of hydrogen-bond acceptors (Lipinski definition) is 3. The van der Waals surface area contributed by atoms with E-state index in [0.717, 1.165) is 56.7 Å². The Morgan fingerprint density at radius 1 is 1.15 bits per heavy atom. The van der Waals surface area contributed by atoms with Crippen molar-refractivity contribution < 1.29 is 8.42 Å². The zero-order valence-electron chi connectivity index (χ0n) is 16.0. The molecule has 0 unspecified atom stereocenters. The monoisotopic (exact) mass is 380 g/mol. The summed E-state index contributed by atoms with van der Waals surface area (Å²) in [5, 5.41) is 6.52. The van der Waals surface area contributed by atoms with Crippen LogP contribution in [0.4, 0.5) is 0 Å². The van der Waals surface area contributed by atoms with Gasteiger partial charge in [-0.1, -0.05) is 31.9 Å². The van der Waals surface area contributed by atoms with E-state index in [1.165, 1.54) is 0 Å². The van der Waals surface area contributed by atoms with E-state index in [1.807, 2.05) is 13.0 Å².